The Morgan fingerprint density at radius 2 is 2.10 bits per heavy atom. The summed E-state index contributed by atoms with van der Waals surface area (Å²) in [6.07, 6.45) is 0. The molecule has 0 saturated carbocycles. The van der Waals surface area contributed by atoms with Gasteiger partial charge in [0, 0.05) is 7.05 Å². The summed E-state index contributed by atoms with van der Waals surface area (Å²) < 4.78 is 0. The predicted octanol–water partition coefficient (Wildman–Crippen LogP) is -1.16. The molecule has 0 bridgehead atoms. The summed E-state index contributed by atoms with van der Waals surface area (Å²) in [5.74, 6) is 0.145. The minimum Gasteiger partial charge on any atom is -0.393 e. The van der Waals surface area contributed by atoms with Crippen molar-refractivity contribution < 1.29 is 0 Å². The topological polar surface area (TPSA) is 112 Å². The summed E-state index contributed by atoms with van der Waals surface area (Å²) in [5, 5.41) is 17.6. The molecule has 10 heavy (non-hydrogen) atoms. The largest absolute Gasteiger partial charge is 0.393 e. The van der Waals surface area contributed by atoms with Crippen molar-refractivity contribution in [2.24, 2.45) is 11.5 Å². The molecule has 0 aliphatic rings. The Balaban J connectivity index is 4.50. The number of hydrogen-bond acceptors (Lipinski definition) is 5. The first-order valence-electron chi connectivity index (χ1n) is 2.55. The maximum absolute atomic E-state index is 8.18. The zero-order valence-corrected chi connectivity index (χ0v) is 5.60. The fraction of sp³-hybridized carbons (Fsp3) is 0.200. The second-order valence-corrected chi connectivity index (χ2v) is 1.56. The van der Waals surface area contributed by atoms with Crippen LogP contribution in [0, 0.1) is 16.7 Å². The summed E-state index contributed by atoms with van der Waals surface area (Å²) in [4.78, 5) is 0. The van der Waals surface area contributed by atoms with E-state index in [9.17, 15) is 0 Å². The minimum absolute atomic E-state index is 0.0231. The van der Waals surface area contributed by atoms with Gasteiger partial charge in [-0.1, -0.05) is 0 Å². The molecule has 0 aromatic heterocycles. The van der Waals surface area contributed by atoms with E-state index in [0.717, 1.165) is 0 Å². The van der Waals surface area contributed by atoms with Gasteiger partial charge in [-0.3, -0.25) is 5.41 Å². The Morgan fingerprint density at radius 3 is 2.40 bits per heavy atom. The van der Waals surface area contributed by atoms with Crippen molar-refractivity contribution in [3.05, 3.63) is 11.5 Å². The van der Waals surface area contributed by atoms with Crippen LogP contribution in [0.3, 0.4) is 0 Å². The quantitative estimate of drug-likeness (QED) is 0.361. The molecular formula is C5H9N5. The van der Waals surface area contributed by atoms with Crippen LogP contribution in [0.5, 0.6) is 0 Å². The first-order chi connectivity index (χ1) is 4.63. The fourth-order valence-electron chi connectivity index (χ4n) is 0.330. The molecule has 54 valence electrons. The first kappa shape index (κ1) is 8.30. The molecule has 5 nitrogen and oxygen atoms in total. The highest BCUT2D eigenvalue weighted by molar-refractivity contribution is 6.08. The van der Waals surface area contributed by atoms with Crippen LogP contribution in [-0.2, 0) is 0 Å². The van der Waals surface area contributed by atoms with E-state index in [1.165, 1.54) is 0 Å². The number of hydrogen-bond donors (Lipinski definition) is 4. The van der Waals surface area contributed by atoms with Crippen molar-refractivity contribution in [2.75, 3.05) is 7.05 Å². The van der Waals surface area contributed by atoms with Crippen molar-refractivity contribution in [1.29, 1.82) is 10.7 Å². The molecule has 0 aromatic rings. The zero-order chi connectivity index (χ0) is 8.15. The lowest BCUT2D eigenvalue weighted by atomic mass is 10.3. The lowest BCUT2D eigenvalue weighted by Gasteiger charge is -2.01. The van der Waals surface area contributed by atoms with Crippen molar-refractivity contribution in [1.82, 2.24) is 5.32 Å². The second-order valence-electron chi connectivity index (χ2n) is 1.56. The Hall–Kier alpha value is -1.70. The maximum Gasteiger partial charge on any atom is 0.159 e. The van der Waals surface area contributed by atoms with Crippen LogP contribution in [0.4, 0.5) is 0 Å². The number of nitrogens with zero attached hydrogens (tertiary/aromatic N) is 1. The standard InChI is InChI=1S/C5H9N5/c1-10-5(9)4(8)3(7)2-6/h7,10H,8-9H2,1H3/b5-4+,7-3?. The van der Waals surface area contributed by atoms with Gasteiger partial charge in [-0.05, 0) is 0 Å². The summed E-state index contributed by atoms with van der Waals surface area (Å²) >= 11 is 0. The van der Waals surface area contributed by atoms with Gasteiger partial charge in [0.15, 0.2) is 5.71 Å². The average Bonchev–Trinajstić information content (AvgIpc) is 2.00. The van der Waals surface area contributed by atoms with E-state index in [-0.39, 0.29) is 17.2 Å². The molecule has 0 fully saturated rings. The molecule has 0 amide bonds. The van der Waals surface area contributed by atoms with E-state index < -0.39 is 0 Å². The Labute approximate surface area is 58.8 Å². The van der Waals surface area contributed by atoms with Crippen molar-refractivity contribution in [3.63, 3.8) is 0 Å². The van der Waals surface area contributed by atoms with Gasteiger partial charge in [0.25, 0.3) is 0 Å². The third-order valence-electron chi connectivity index (χ3n) is 0.941. The summed E-state index contributed by atoms with van der Waals surface area (Å²) in [7, 11) is 1.56. The number of nitrogens with one attached hydrogen (secondary N) is 2. The smallest absolute Gasteiger partial charge is 0.159 e. The highest BCUT2D eigenvalue weighted by Crippen LogP contribution is 1.87. The first-order valence-corrected chi connectivity index (χ1v) is 2.55. The molecular weight excluding hydrogens is 130 g/mol. The molecule has 0 saturated heterocycles. The number of nitrogens with two attached hydrogens (primary N) is 2. The van der Waals surface area contributed by atoms with Gasteiger partial charge < -0.3 is 16.8 Å². The monoisotopic (exact) mass is 139 g/mol. The molecule has 5 heteroatoms. The molecule has 0 aliphatic heterocycles. The summed E-state index contributed by atoms with van der Waals surface area (Å²) in [5.41, 5.74) is 10.1. The van der Waals surface area contributed by atoms with Crippen molar-refractivity contribution in [3.8, 4) is 6.07 Å². The summed E-state index contributed by atoms with van der Waals surface area (Å²) in [6.45, 7) is 0. The molecule has 0 radical (unpaired) electrons. The molecule has 0 spiro atoms. The Morgan fingerprint density at radius 1 is 1.60 bits per heavy atom. The van der Waals surface area contributed by atoms with Gasteiger partial charge in [-0.2, -0.15) is 5.26 Å². The van der Waals surface area contributed by atoms with E-state index >= 15 is 0 Å². The molecule has 6 N–H and O–H groups in total. The van der Waals surface area contributed by atoms with Crippen molar-refractivity contribution in [2.45, 2.75) is 0 Å². The molecule has 0 aromatic carbocycles. The SMILES string of the molecule is CN/C(N)=C(/N)C(=N)C#N. The van der Waals surface area contributed by atoms with Crippen molar-refractivity contribution >= 4 is 5.71 Å². The number of nitriles is 1. The van der Waals surface area contributed by atoms with E-state index in [2.05, 4.69) is 5.32 Å². The zero-order valence-electron chi connectivity index (χ0n) is 5.60. The van der Waals surface area contributed by atoms with E-state index in [1.54, 1.807) is 13.1 Å². The lowest BCUT2D eigenvalue weighted by molar-refractivity contribution is 0.944. The van der Waals surface area contributed by atoms with Crippen LogP contribution in [0.2, 0.25) is 0 Å². The van der Waals surface area contributed by atoms with Crippen LogP contribution < -0.4 is 16.8 Å². The fourth-order valence-corrected chi connectivity index (χ4v) is 0.330. The molecule has 0 unspecified atom stereocenters. The number of rotatable bonds is 2. The molecule has 0 atom stereocenters. The summed E-state index contributed by atoms with van der Waals surface area (Å²) in [6, 6.07) is 1.56. The van der Waals surface area contributed by atoms with Gasteiger partial charge >= 0.3 is 0 Å². The van der Waals surface area contributed by atoms with Crippen LogP contribution in [0.25, 0.3) is 0 Å². The maximum atomic E-state index is 8.18. The Kier molecular flexibility index (Phi) is 2.78. The van der Waals surface area contributed by atoms with E-state index in [0.29, 0.717) is 0 Å². The van der Waals surface area contributed by atoms with E-state index in [1.807, 2.05) is 0 Å². The van der Waals surface area contributed by atoms with Gasteiger partial charge in [0.2, 0.25) is 0 Å². The second kappa shape index (κ2) is 3.35. The van der Waals surface area contributed by atoms with Crippen LogP contribution in [-0.4, -0.2) is 12.8 Å². The lowest BCUT2D eigenvalue weighted by Crippen LogP contribution is -2.24. The number of allylic oxidation sites excluding steroid dienone is 1. The molecule has 0 aliphatic carbocycles. The average molecular weight is 139 g/mol. The van der Waals surface area contributed by atoms with Gasteiger partial charge in [0.05, 0.1) is 0 Å². The third kappa shape index (κ3) is 1.67. The van der Waals surface area contributed by atoms with Crippen LogP contribution in [0.15, 0.2) is 11.5 Å². The molecule has 0 heterocycles. The van der Waals surface area contributed by atoms with Gasteiger partial charge in [-0.15, -0.1) is 0 Å². The normalized spacial score (nSPS) is 11.2. The van der Waals surface area contributed by atoms with Gasteiger partial charge in [-0.25, -0.2) is 0 Å². The van der Waals surface area contributed by atoms with Gasteiger partial charge in [0.1, 0.15) is 17.6 Å². The highest BCUT2D eigenvalue weighted by atomic mass is 15.0. The minimum atomic E-state index is -0.327. The van der Waals surface area contributed by atoms with Crippen LogP contribution in [0.1, 0.15) is 0 Å². The Bertz CT molecular complexity index is 209. The predicted molar refractivity (Wildman–Crippen MR) is 37.8 cm³/mol. The highest BCUT2D eigenvalue weighted by Gasteiger charge is 2.01. The van der Waals surface area contributed by atoms with Crippen LogP contribution >= 0.6 is 0 Å². The third-order valence-corrected chi connectivity index (χ3v) is 0.941. The van der Waals surface area contributed by atoms with E-state index in [4.69, 9.17) is 22.1 Å². The molecule has 0 rings (SSSR count).